The molecule has 0 atom stereocenters. The molecule has 5 heteroatoms. The van der Waals surface area contributed by atoms with Crippen LogP contribution in [0.1, 0.15) is 10.4 Å². The van der Waals surface area contributed by atoms with Gasteiger partial charge in [-0.2, -0.15) is 0 Å². The molecule has 2 aromatic carbocycles. The van der Waals surface area contributed by atoms with Crippen molar-refractivity contribution in [3.63, 3.8) is 0 Å². The Labute approximate surface area is 128 Å². The molecule has 2 aromatic rings. The third kappa shape index (κ3) is 2.53. The first kappa shape index (κ1) is 14.1. The smallest absolute Gasteiger partial charge is 0.299 e. The first-order chi connectivity index (χ1) is 10.7. The van der Waals surface area contributed by atoms with Crippen LogP contribution in [0.2, 0.25) is 0 Å². The minimum Gasteiger partial charge on any atom is -0.497 e. The Hall–Kier alpha value is -2.82. The topological polar surface area (TPSA) is 55.8 Å². The molecule has 0 saturated heterocycles. The number of amides is 1. The molecule has 0 N–H and O–H groups in total. The summed E-state index contributed by atoms with van der Waals surface area (Å²) in [5.41, 5.74) is 1.10. The second kappa shape index (κ2) is 5.89. The Balaban J connectivity index is 1.67. The number of methoxy groups -OCH3 is 1. The number of fused-ring (bicyclic) bond motifs is 1. The summed E-state index contributed by atoms with van der Waals surface area (Å²) >= 11 is 0. The summed E-state index contributed by atoms with van der Waals surface area (Å²) in [6.45, 7) is 0.610. The SMILES string of the molecule is COc1cccc(OCCN2C(=O)C(=O)c3ccccc32)c1. The van der Waals surface area contributed by atoms with E-state index >= 15 is 0 Å². The van der Waals surface area contributed by atoms with Gasteiger partial charge >= 0.3 is 0 Å². The molecular weight excluding hydrogens is 282 g/mol. The molecule has 0 bridgehead atoms. The monoisotopic (exact) mass is 297 g/mol. The van der Waals surface area contributed by atoms with Crippen molar-refractivity contribution in [2.75, 3.05) is 25.2 Å². The minimum absolute atomic E-state index is 0.292. The van der Waals surface area contributed by atoms with Gasteiger partial charge in [0.05, 0.1) is 24.9 Å². The molecule has 5 nitrogen and oxygen atoms in total. The average Bonchev–Trinajstić information content (AvgIpc) is 2.80. The maximum absolute atomic E-state index is 12.0. The maximum atomic E-state index is 12.0. The Bertz CT molecular complexity index is 726. The minimum atomic E-state index is -0.504. The van der Waals surface area contributed by atoms with E-state index in [0.29, 0.717) is 35.9 Å². The van der Waals surface area contributed by atoms with Crippen LogP contribution in [0.5, 0.6) is 11.5 Å². The van der Waals surface area contributed by atoms with Crippen LogP contribution in [-0.4, -0.2) is 32.0 Å². The molecule has 0 fully saturated rings. The van der Waals surface area contributed by atoms with Gasteiger partial charge in [0.1, 0.15) is 18.1 Å². The number of benzene rings is 2. The van der Waals surface area contributed by atoms with Crippen LogP contribution < -0.4 is 14.4 Å². The van der Waals surface area contributed by atoms with Crippen LogP contribution in [0, 0.1) is 0 Å². The van der Waals surface area contributed by atoms with Gasteiger partial charge in [-0.25, -0.2) is 0 Å². The lowest BCUT2D eigenvalue weighted by atomic mass is 10.1. The summed E-state index contributed by atoms with van der Waals surface area (Å²) < 4.78 is 10.7. The standard InChI is InChI=1S/C17H15NO4/c1-21-12-5-4-6-13(11-12)22-10-9-18-15-8-3-2-7-14(15)16(19)17(18)20/h2-8,11H,9-10H2,1H3. The van der Waals surface area contributed by atoms with E-state index < -0.39 is 11.7 Å². The largest absolute Gasteiger partial charge is 0.497 e. The molecule has 1 heterocycles. The highest BCUT2D eigenvalue weighted by molar-refractivity contribution is 6.52. The molecular formula is C17H15NO4. The van der Waals surface area contributed by atoms with Gasteiger partial charge in [0.25, 0.3) is 11.7 Å². The molecule has 112 valence electrons. The second-order valence-electron chi connectivity index (χ2n) is 4.83. The van der Waals surface area contributed by atoms with E-state index in [4.69, 9.17) is 9.47 Å². The highest BCUT2D eigenvalue weighted by Gasteiger charge is 2.34. The van der Waals surface area contributed by atoms with Gasteiger partial charge in [-0.15, -0.1) is 0 Å². The molecule has 0 aliphatic carbocycles. The number of Topliss-reactive ketones (excluding diaryl/α,β-unsaturated/α-hetero) is 1. The number of anilines is 1. The van der Waals surface area contributed by atoms with Crippen molar-refractivity contribution >= 4 is 17.4 Å². The Kier molecular flexibility index (Phi) is 3.78. The molecule has 0 spiro atoms. The summed E-state index contributed by atoms with van der Waals surface area (Å²) in [6, 6.07) is 14.2. The van der Waals surface area contributed by atoms with Crippen molar-refractivity contribution in [1.82, 2.24) is 0 Å². The highest BCUT2D eigenvalue weighted by atomic mass is 16.5. The Morgan fingerprint density at radius 3 is 2.59 bits per heavy atom. The van der Waals surface area contributed by atoms with Crippen molar-refractivity contribution < 1.29 is 19.1 Å². The normalized spacial score (nSPS) is 13.2. The number of rotatable bonds is 5. The van der Waals surface area contributed by atoms with E-state index in [-0.39, 0.29) is 0 Å². The molecule has 0 aromatic heterocycles. The van der Waals surface area contributed by atoms with Gasteiger partial charge < -0.3 is 14.4 Å². The zero-order valence-corrected chi connectivity index (χ0v) is 12.1. The predicted octanol–water partition coefficient (Wildman–Crippen LogP) is 2.30. The molecule has 22 heavy (non-hydrogen) atoms. The van der Waals surface area contributed by atoms with Crippen LogP contribution in [0.15, 0.2) is 48.5 Å². The molecule has 0 radical (unpaired) electrons. The fraction of sp³-hybridized carbons (Fsp3) is 0.176. The molecule has 1 aliphatic rings. The van der Waals surface area contributed by atoms with Gasteiger partial charge in [0, 0.05) is 6.07 Å². The predicted molar refractivity (Wildman–Crippen MR) is 81.6 cm³/mol. The third-order valence-corrected chi connectivity index (χ3v) is 3.50. The molecule has 3 rings (SSSR count). The summed E-state index contributed by atoms with van der Waals surface area (Å²) in [5.74, 6) is 0.397. The lowest BCUT2D eigenvalue weighted by molar-refractivity contribution is -0.114. The average molecular weight is 297 g/mol. The van der Waals surface area contributed by atoms with Crippen molar-refractivity contribution in [3.8, 4) is 11.5 Å². The summed E-state index contributed by atoms with van der Waals surface area (Å²) in [7, 11) is 1.59. The van der Waals surface area contributed by atoms with Gasteiger partial charge in [-0.1, -0.05) is 18.2 Å². The number of ether oxygens (including phenoxy) is 2. The van der Waals surface area contributed by atoms with Crippen LogP contribution in [-0.2, 0) is 4.79 Å². The number of carbonyl (C=O) groups is 2. The number of para-hydroxylation sites is 1. The van der Waals surface area contributed by atoms with E-state index in [1.54, 1.807) is 37.4 Å². The van der Waals surface area contributed by atoms with E-state index in [0.717, 1.165) is 0 Å². The fourth-order valence-corrected chi connectivity index (χ4v) is 2.42. The highest BCUT2D eigenvalue weighted by Crippen LogP contribution is 2.28. The van der Waals surface area contributed by atoms with E-state index in [9.17, 15) is 9.59 Å². The zero-order chi connectivity index (χ0) is 15.5. The molecule has 1 aliphatic heterocycles. The summed E-state index contributed by atoms with van der Waals surface area (Å²) in [6.07, 6.45) is 0. The number of hydrogen-bond acceptors (Lipinski definition) is 4. The van der Waals surface area contributed by atoms with Crippen LogP contribution in [0.4, 0.5) is 5.69 Å². The maximum Gasteiger partial charge on any atom is 0.299 e. The first-order valence-corrected chi connectivity index (χ1v) is 6.93. The van der Waals surface area contributed by atoms with Gasteiger partial charge in [-0.3, -0.25) is 9.59 Å². The summed E-state index contributed by atoms with van der Waals surface area (Å²) in [5, 5.41) is 0. The number of ketones is 1. The third-order valence-electron chi connectivity index (χ3n) is 3.50. The van der Waals surface area contributed by atoms with E-state index in [1.165, 1.54) is 4.90 Å². The van der Waals surface area contributed by atoms with E-state index in [1.807, 2.05) is 18.2 Å². The van der Waals surface area contributed by atoms with Crippen molar-refractivity contribution in [3.05, 3.63) is 54.1 Å². The van der Waals surface area contributed by atoms with Crippen LogP contribution in [0.3, 0.4) is 0 Å². The van der Waals surface area contributed by atoms with Crippen LogP contribution >= 0.6 is 0 Å². The van der Waals surface area contributed by atoms with E-state index in [2.05, 4.69) is 0 Å². The van der Waals surface area contributed by atoms with Crippen molar-refractivity contribution in [2.24, 2.45) is 0 Å². The fourth-order valence-electron chi connectivity index (χ4n) is 2.42. The molecule has 0 unspecified atom stereocenters. The molecule has 0 saturated carbocycles. The zero-order valence-electron chi connectivity index (χ0n) is 12.1. The second-order valence-corrected chi connectivity index (χ2v) is 4.83. The number of carbonyl (C=O) groups excluding carboxylic acids is 2. The molecule has 1 amide bonds. The number of nitrogens with zero attached hydrogens (tertiary/aromatic N) is 1. The van der Waals surface area contributed by atoms with Crippen molar-refractivity contribution in [1.29, 1.82) is 0 Å². The quantitative estimate of drug-likeness (QED) is 0.795. The Morgan fingerprint density at radius 1 is 1.00 bits per heavy atom. The lowest BCUT2D eigenvalue weighted by Crippen LogP contribution is -2.33. The summed E-state index contributed by atoms with van der Waals surface area (Å²) in [4.78, 5) is 25.3. The van der Waals surface area contributed by atoms with Gasteiger partial charge in [0.2, 0.25) is 0 Å². The Morgan fingerprint density at radius 2 is 1.77 bits per heavy atom. The van der Waals surface area contributed by atoms with Gasteiger partial charge in [0.15, 0.2) is 0 Å². The first-order valence-electron chi connectivity index (χ1n) is 6.93. The lowest BCUT2D eigenvalue weighted by Gasteiger charge is -2.16. The van der Waals surface area contributed by atoms with Crippen LogP contribution in [0.25, 0.3) is 0 Å². The number of hydrogen-bond donors (Lipinski definition) is 0. The van der Waals surface area contributed by atoms with Gasteiger partial charge in [-0.05, 0) is 24.3 Å². The van der Waals surface area contributed by atoms with Crippen molar-refractivity contribution in [2.45, 2.75) is 0 Å².